The van der Waals surface area contributed by atoms with E-state index in [1.54, 1.807) is 0 Å². The summed E-state index contributed by atoms with van der Waals surface area (Å²) in [7, 11) is 0. The SMILES string of the molecule is CC(C)(C)Oc1ccc(C2CC(=O)CC(=O)C2)cc1. The Morgan fingerprint density at radius 1 is 1.00 bits per heavy atom. The van der Waals surface area contributed by atoms with Crippen LogP contribution in [0.25, 0.3) is 0 Å². The number of benzene rings is 1. The molecule has 1 aliphatic rings. The van der Waals surface area contributed by atoms with Crippen LogP contribution in [0.15, 0.2) is 24.3 Å². The first-order valence-electron chi connectivity index (χ1n) is 6.66. The third kappa shape index (κ3) is 3.91. The fourth-order valence-electron chi connectivity index (χ4n) is 2.38. The van der Waals surface area contributed by atoms with Gasteiger partial charge in [0.15, 0.2) is 0 Å². The van der Waals surface area contributed by atoms with Crippen LogP contribution < -0.4 is 4.74 Å². The van der Waals surface area contributed by atoms with Gasteiger partial charge in [0.1, 0.15) is 22.9 Å². The Bertz CT molecular complexity index is 464. The number of Topliss-reactive ketones (excluding diaryl/α,β-unsaturated/α-hetero) is 2. The predicted molar refractivity (Wildman–Crippen MR) is 73.4 cm³/mol. The van der Waals surface area contributed by atoms with Crippen molar-refractivity contribution in [3.05, 3.63) is 29.8 Å². The maximum Gasteiger partial charge on any atom is 0.140 e. The summed E-state index contributed by atoms with van der Waals surface area (Å²) in [5.74, 6) is 0.953. The number of ketones is 2. The van der Waals surface area contributed by atoms with Gasteiger partial charge in [0, 0.05) is 12.8 Å². The molecule has 19 heavy (non-hydrogen) atoms. The van der Waals surface area contributed by atoms with E-state index in [-0.39, 0.29) is 29.5 Å². The minimum Gasteiger partial charge on any atom is -0.488 e. The molecule has 2 rings (SSSR count). The molecule has 1 saturated carbocycles. The highest BCUT2D eigenvalue weighted by Gasteiger charge is 2.26. The van der Waals surface area contributed by atoms with Crippen molar-refractivity contribution in [2.24, 2.45) is 0 Å². The number of ether oxygens (including phenoxy) is 1. The van der Waals surface area contributed by atoms with Crippen molar-refractivity contribution in [3.8, 4) is 5.75 Å². The Balaban J connectivity index is 2.10. The number of hydrogen-bond donors (Lipinski definition) is 0. The van der Waals surface area contributed by atoms with E-state index >= 15 is 0 Å². The highest BCUT2D eigenvalue weighted by Crippen LogP contribution is 2.30. The van der Waals surface area contributed by atoms with Crippen molar-refractivity contribution in [2.75, 3.05) is 0 Å². The van der Waals surface area contributed by atoms with E-state index in [1.165, 1.54) is 0 Å². The number of rotatable bonds is 2. The van der Waals surface area contributed by atoms with Gasteiger partial charge in [-0.3, -0.25) is 9.59 Å². The largest absolute Gasteiger partial charge is 0.488 e. The Kier molecular flexibility index (Phi) is 3.74. The summed E-state index contributed by atoms with van der Waals surface area (Å²) in [5, 5.41) is 0. The van der Waals surface area contributed by atoms with Gasteiger partial charge in [-0.2, -0.15) is 0 Å². The fourth-order valence-corrected chi connectivity index (χ4v) is 2.38. The van der Waals surface area contributed by atoms with Gasteiger partial charge in [0.05, 0.1) is 6.42 Å². The summed E-state index contributed by atoms with van der Waals surface area (Å²) in [6.07, 6.45) is 1.07. The molecule has 0 heterocycles. The first-order valence-corrected chi connectivity index (χ1v) is 6.66. The number of carbonyl (C=O) groups excluding carboxylic acids is 2. The Labute approximate surface area is 114 Å². The van der Waals surface area contributed by atoms with Gasteiger partial charge in [0.2, 0.25) is 0 Å². The molecule has 0 N–H and O–H groups in total. The van der Waals surface area contributed by atoms with Gasteiger partial charge in [0.25, 0.3) is 0 Å². The average molecular weight is 260 g/mol. The predicted octanol–water partition coefficient (Wildman–Crippen LogP) is 3.27. The minimum atomic E-state index is -0.224. The zero-order valence-corrected chi connectivity index (χ0v) is 11.7. The van der Waals surface area contributed by atoms with Gasteiger partial charge in [-0.15, -0.1) is 0 Å². The second kappa shape index (κ2) is 5.16. The van der Waals surface area contributed by atoms with Crippen molar-refractivity contribution in [1.82, 2.24) is 0 Å². The lowest BCUT2D eigenvalue weighted by atomic mass is 9.83. The van der Waals surface area contributed by atoms with Crippen LogP contribution >= 0.6 is 0 Å². The summed E-state index contributed by atoms with van der Waals surface area (Å²) in [6.45, 7) is 6.00. The monoisotopic (exact) mass is 260 g/mol. The molecule has 3 heteroatoms. The van der Waals surface area contributed by atoms with Crippen LogP contribution in [-0.2, 0) is 9.59 Å². The molecule has 0 atom stereocenters. The molecule has 0 amide bonds. The standard InChI is InChI=1S/C16H20O3/c1-16(2,3)19-15-6-4-11(5-7-15)12-8-13(17)10-14(18)9-12/h4-7,12H,8-10H2,1-3H3. The third-order valence-electron chi connectivity index (χ3n) is 3.12. The van der Waals surface area contributed by atoms with Crippen LogP contribution in [-0.4, -0.2) is 17.2 Å². The summed E-state index contributed by atoms with van der Waals surface area (Å²) in [4.78, 5) is 22.9. The van der Waals surface area contributed by atoms with Crippen molar-refractivity contribution < 1.29 is 14.3 Å². The molecule has 0 aromatic heterocycles. The smallest absolute Gasteiger partial charge is 0.140 e. The maximum absolute atomic E-state index is 11.5. The molecule has 0 spiro atoms. The summed E-state index contributed by atoms with van der Waals surface area (Å²) in [5.41, 5.74) is 0.820. The second-order valence-corrected chi connectivity index (χ2v) is 6.14. The summed E-state index contributed by atoms with van der Waals surface area (Å²) < 4.78 is 5.75. The van der Waals surface area contributed by atoms with Crippen molar-refractivity contribution in [3.63, 3.8) is 0 Å². The molecule has 0 radical (unpaired) electrons. The highest BCUT2D eigenvalue weighted by atomic mass is 16.5. The van der Waals surface area contributed by atoms with Gasteiger partial charge in [-0.25, -0.2) is 0 Å². The van der Waals surface area contributed by atoms with Crippen LogP contribution in [0.4, 0.5) is 0 Å². The van der Waals surface area contributed by atoms with E-state index in [1.807, 2.05) is 45.0 Å². The first kappa shape index (κ1) is 13.8. The van der Waals surface area contributed by atoms with Crippen molar-refractivity contribution in [1.29, 1.82) is 0 Å². The van der Waals surface area contributed by atoms with Crippen LogP contribution in [0.5, 0.6) is 5.75 Å². The highest BCUT2D eigenvalue weighted by molar-refractivity contribution is 6.02. The molecule has 0 aliphatic heterocycles. The maximum atomic E-state index is 11.5. The van der Waals surface area contributed by atoms with Crippen molar-refractivity contribution >= 4 is 11.6 Å². The third-order valence-corrected chi connectivity index (χ3v) is 3.12. The molecule has 0 unspecified atom stereocenters. The Morgan fingerprint density at radius 3 is 2.00 bits per heavy atom. The summed E-state index contributed by atoms with van der Waals surface area (Å²) in [6, 6.07) is 7.73. The van der Waals surface area contributed by atoms with Gasteiger partial charge in [-0.1, -0.05) is 12.1 Å². The van der Waals surface area contributed by atoms with Gasteiger partial charge in [-0.05, 0) is 44.4 Å². The van der Waals surface area contributed by atoms with Crippen LogP contribution in [0.1, 0.15) is 51.5 Å². The molecule has 0 bridgehead atoms. The topological polar surface area (TPSA) is 43.4 Å². The molecule has 102 valence electrons. The molecule has 3 nitrogen and oxygen atoms in total. The molecule has 0 saturated heterocycles. The molecule has 1 aliphatic carbocycles. The second-order valence-electron chi connectivity index (χ2n) is 6.14. The average Bonchev–Trinajstić information content (AvgIpc) is 2.26. The van der Waals surface area contributed by atoms with E-state index in [0.717, 1.165) is 11.3 Å². The number of carbonyl (C=O) groups is 2. The van der Waals surface area contributed by atoms with Crippen LogP contribution in [0, 0.1) is 0 Å². The number of hydrogen-bond acceptors (Lipinski definition) is 3. The zero-order chi connectivity index (χ0) is 14.0. The molecular weight excluding hydrogens is 240 g/mol. The molecular formula is C16H20O3. The molecule has 1 fully saturated rings. The van der Waals surface area contributed by atoms with Gasteiger partial charge < -0.3 is 4.74 Å². The van der Waals surface area contributed by atoms with E-state index in [9.17, 15) is 9.59 Å². The fraction of sp³-hybridized carbons (Fsp3) is 0.500. The molecule has 1 aromatic rings. The van der Waals surface area contributed by atoms with Crippen LogP contribution in [0.3, 0.4) is 0 Å². The van der Waals surface area contributed by atoms with Gasteiger partial charge >= 0.3 is 0 Å². The Hall–Kier alpha value is -1.64. The van der Waals surface area contributed by atoms with Crippen molar-refractivity contribution in [2.45, 2.75) is 51.6 Å². The normalized spacial score (nSPS) is 17.6. The lowest BCUT2D eigenvalue weighted by molar-refractivity contribution is -0.130. The van der Waals surface area contributed by atoms with E-state index < -0.39 is 0 Å². The lowest BCUT2D eigenvalue weighted by Gasteiger charge is -2.23. The molecule has 1 aromatic carbocycles. The minimum absolute atomic E-state index is 0.0393. The summed E-state index contributed by atoms with van der Waals surface area (Å²) >= 11 is 0. The Morgan fingerprint density at radius 2 is 1.53 bits per heavy atom. The van der Waals surface area contributed by atoms with Crippen LogP contribution in [0.2, 0.25) is 0 Å². The van der Waals surface area contributed by atoms with E-state index in [2.05, 4.69) is 0 Å². The zero-order valence-electron chi connectivity index (χ0n) is 11.7. The van der Waals surface area contributed by atoms with E-state index in [4.69, 9.17) is 4.74 Å². The quantitative estimate of drug-likeness (QED) is 0.766. The van der Waals surface area contributed by atoms with E-state index in [0.29, 0.717) is 12.8 Å². The first-order chi connectivity index (χ1) is 8.83. The lowest BCUT2D eigenvalue weighted by Crippen LogP contribution is -2.23.